The number of nitrogens with two attached hydrogens (primary N) is 1. The lowest BCUT2D eigenvalue weighted by molar-refractivity contribution is 0.415. The molecule has 0 aliphatic rings. The summed E-state index contributed by atoms with van der Waals surface area (Å²) in [6.45, 7) is 0.211. The Labute approximate surface area is 99.1 Å². The number of methoxy groups -OCH3 is 1. The van der Waals surface area contributed by atoms with E-state index in [0.29, 0.717) is 5.56 Å². The van der Waals surface area contributed by atoms with Gasteiger partial charge < -0.3 is 15.5 Å². The molecule has 0 fully saturated rings. The number of rotatable bonds is 3. The average Bonchev–Trinajstić information content (AvgIpc) is 2.38. The van der Waals surface area contributed by atoms with Crippen molar-refractivity contribution in [3.63, 3.8) is 0 Å². The molecule has 2 rings (SSSR count). The van der Waals surface area contributed by atoms with Gasteiger partial charge in [0.05, 0.1) is 7.11 Å². The molecule has 1 heterocycles. The van der Waals surface area contributed by atoms with Crippen LogP contribution in [0.3, 0.4) is 0 Å². The van der Waals surface area contributed by atoms with Crippen molar-refractivity contribution in [3.8, 4) is 16.9 Å². The minimum absolute atomic E-state index is 0.146. The summed E-state index contributed by atoms with van der Waals surface area (Å²) in [7, 11) is 1.61. The van der Waals surface area contributed by atoms with Crippen molar-refractivity contribution in [2.24, 2.45) is 5.73 Å². The number of pyridine rings is 1. The first kappa shape index (κ1) is 11.4. The average molecular weight is 230 g/mol. The largest absolute Gasteiger partial charge is 0.497 e. The van der Waals surface area contributed by atoms with E-state index in [1.165, 1.54) is 0 Å². The molecule has 0 aliphatic carbocycles. The van der Waals surface area contributed by atoms with E-state index in [1.807, 2.05) is 30.3 Å². The Kier molecular flexibility index (Phi) is 3.25. The maximum Gasteiger partial charge on any atom is 0.253 e. The lowest BCUT2D eigenvalue weighted by atomic mass is 10.0. The van der Waals surface area contributed by atoms with Crippen LogP contribution in [0, 0.1) is 0 Å². The highest BCUT2D eigenvalue weighted by molar-refractivity contribution is 5.68. The van der Waals surface area contributed by atoms with Crippen LogP contribution in [0.2, 0.25) is 0 Å². The van der Waals surface area contributed by atoms with E-state index >= 15 is 0 Å². The molecule has 0 saturated carbocycles. The second-order valence-corrected chi connectivity index (χ2v) is 3.64. The number of H-pyrrole nitrogens is 1. The first-order valence-corrected chi connectivity index (χ1v) is 5.31. The molecule has 0 atom stereocenters. The van der Waals surface area contributed by atoms with Crippen LogP contribution in [0.1, 0.15) is 5.56 Å². The Morgan fingerprint density at radius 2 is 2.18 bits per heavy atom. The van der Waals surface area contributed by atoms with E-state index in [9.17, 15) is 4.79 Å². The van der Waals surface area contributed by atoms with Gasteiger partial charge in [-0.1, -0.05) is 12.1 Å². The van der Waals surface area contributed by atoms with Crippen LogP contribution in [-0.2, 0) is 6.54 Å². The third-order valence-corrected chi connectivity index (χ3v) is 2.65. The fourth-order valence-electron chi connectivity index (χ4n) is 1.77. The smallest absolute Gasteiger partial charge is 0.253 e. The molecule has 0 bridgehead atoms. The third-order valence-electron chi connectivity index (χ3n) is 2.65. The zero-order valence-corrected chi connectivity index (χ0v) is 9.57. The summed E-state index contributed by atoms with van der Waals surface area (Å²) in [6.07, 6.45) is 1.62. The van der Waals surface area contributed by atoms with Gasteiger partial charge in [0.25, 0.3) is 5.56 Å². The molecule has 1 aromatic carbocycles. The van der Waals surface area contributed by atoms with E-state index in [4.69, 9.17) is 10.5 Å². The van der Waals surface area contributed by atoms with E-state index < -0.39 is 0 Å². The number of hydrogen-bond donors (Lipinski definition) is 2. The van der Waals surface area contributed by atoms with Gasteiger partial charge in [0.2, 0.25) is 0 Å². The molecule has 88 valence electrons. The maximum atomic E-state index is 11.6. The Morgan fingerprint density at radius 1 is 1.35 bits per heavy atom. The number of nitrogens with one attached hydrogen (secondary N) is 1. The van der Waals surface area contributed by atoms with Crippen LogP contribution in [0.4, 0.5) is 0 Å². The van der Waals surface area contributed by atoms with Gasteiger partial charge in [0, 0.05) is 18.3 Å². The van der Waals surface area contributed by atoms with Gasteiger partial charge in [0.15, 0.2) is 0 Å². The molecular weight excluding hydrogens is 216 g/mol. The summed E-state index contributed by atoms with van der Waals surface area (Å²) in [5, 5.41) is 0. The summed E-state index contributed by atoms with van der Waals surface area (Å²) in [5.41, 5.74) is 7.82. The van der Waals surface area contributed by atoms with Crippen LogP contribution in [-0.4, -0.2) is 12.1 Å². The lowest BCUT2D eigenvalue weighted by Gasteiger charge is -2.08. The monoisotopic (exact) mass is 230 g/mol. The van der Waals surface area contributed by atoms with Crippen LogP contribution in [0.25, 0.3) is 11.1 Å². The standard InChI is InChI=1S/C13H14N2O2/c1-17-10-4-2-3-9(7-10)11-5-6-15-13(16)12(11)8-14/h2-7H,8,14H2,1H3,(H,15,16). The maximum absolute atomic E-state index is 11.6. The summed E-state index contributed by atoms with van der Waals surface area (Å²) < 4.78 is 5.16. The molecule has 0 amide bonds. The van der Waals surface area contributed by atoms with Crippen molar-refractivity contribution in [3.05, 3.63) is 52.4 Å². The second-order valence-electron chi connectivity index (χ2n) is 3.64. The minimum Gasteiger partial charge on any atom is -0.497 e. The number of ether oxygens (including phenoxy) is 1. The Bertz CT molecular complexity index is 576. The molecule has 0 unspecified atom stereocenters. The van der Waals surface area contributed by atoms with Gasteiger partial charge in [-0.3, -0.25) is 4.79 Å². The number of aromatic amines is 1. The first-order valence-electron chi connectivity index (χ1n) is 5.31. The fraction of sp³-hybridized carbons (Fsp3) is 0.154. The predicted octanol–water partition coefficient (Wildman–Crippen LogP) is 1.51. The van der Waals surface area contributed by atoms with E-state index in [1.54, 1.807) is 13.3 Å². The van der Waals surface area contributed by atoms with Gasteiger partial charge in [0.1, 0.15) is 5.75 Å². The van der Waals surface area contributed by atoms with Crippen molar-refractivity contribution in [1.82, 2.24) is 4.98 Å². The highest BCUT2D eigenvalue weighted by Gasteiger charge is 2.07. The molecule has 0 radical (unpaired) electrons. The first-order chi connectivity index (χ1) is 8.26. The van der Waals surface area contributed by atoms with Crippen LogP contribution in [0.15, 0.2) is 41.3 Å². The van der Waals surface area contributed by atoms with E-state index in [2.05, 4.69) is 4.98 Å². The lowest BCUT2D eigenvalue weighted by Crippen LogP contribution is -2.16. The van der Waals surface area contributed by atoms with Crippen molar-refractivity contribution in [1.29, 1.82) is 0 Å². The Hall–Kier alpha value is -2.07. The summed E-state index contributed by atoms with van der Waals surface area (Å²) >= 11 is 0. The van der Waals surface area contributed by atoms with Crippen molar-refractivity contribution >= 4 is 0 Å². The fourth-order valence-corrected chi connectivity index (χ4v) is 1.77. The van der Waals surface area contributed by atoms with Gasteiger partial charge in [-0.25, -0.2) is 0 Å². The molecule has 0 spiro atoms. The molecule has 17 heavy (non-hydrogen) atoms. The van der Waals surface area contributed by atoms with Crippen molar-refractivity contribution in [2.75, 3.05) is 7.11 Å². The third kappa shape index (κ3) is 2.21. The molecule has 4 heteroatoms. The van der Waals surface area contributed by atoms with Crippen LogP contribution >= 0.6 is 0 Å². The topological polar surface area (TPSA) is 68.1 Å². The highest BCUT2D eigenvalue weighted by atomic mass is 16.5. The molecule has 0 saturated heterocycles. The number of hydrogen-bond acceptors (Lipinski definition) is 3. The zero-order chi connectivity index (χ0) is 12.3. The molecule has 4 nitrogen and oxygen atoms in total. The zero-order valence-electron chi connectivity index (χ0n) is 9.57. The van der Waals surface area contributed by atoms with Crippen LogP contribution in [0.5, 0.6) is 5.75 Å². The highest BCUT2D eigenvalue weighted by Crippen LogP contribution is 2.24. The quantitative estimate of drug-likeness (QED) is 0.839. The van der Waals surface area contributed by atoms with Gasteiger partial charge in [-0.05, 0) is 29.3 Å². The normalized spacial score (nSPS) is 10.2. The van der Waals surface area contributed by atoms with E-state index in [0.717, 1.165) is 16.9 Å². The van der Waals surface area contributed by atoms with E-state index in [-0.39, 0.29) is 12.1 Å². The number of aromatic nitrogens is 1. The predicted molar refractivity (Wildman–Crippen MR) is 66.9 cm³/mol. The Balaban J connectivity index is 2.59. The molecule has 3 N–H and O–H groups in total. The second kappa shape index (κ2) is 4.84. The minimum atomic E-state index is -0.146. The molecule has 0 aliphatic heterocycles. The molecule has 2 aromatic rings. The van der Waals surface area contributed by atoms with Crippen molar-refractivity contribution in [2.45, 2.75) is 6.54 Å². The summed E-state index contributed by atoms with van der Waals surface area (Å²) in [6, 6.07) is 9.40. The molecular formula is C13H14N2O2. The summed E-state index contributed by atoms with van der Waals surface area (Å²) in [4.78, 5) is 14.3. The number of benzene rings is 1. The summed E-state index contributed by atoms with van der Waals surface area (Å²) in [5.74, 6) is 0.755. The van der Waals surface area contributed by atoms with Gasteiger partial charge in [-0.2, -0.15) is 0 Å². The van der Waals surface area contributed by atoms with Gasteiger partial charge in [-0.15, -0.1) is 0 Å². The van der Waals surface area contributed by atoms with Gasteiger partial charge >= 0.3 is 0 Å². The van der Waals surface area contributed by atoms with Crippen LogP contribution < -0.4 is 16.0 Å². The molecule has 1 aromatic heterocycles. The van der Waals surface area contributed by atoms with Crippen molar-refractivity contribution < 1.29 is 4.74 Å². The Morgan fingerprint density at radius 3 is 2.88 bits per heavy atom. The SMILES string of the molecule is COc1cccc(-c2cc[nH]c(=O)c2CN)c1.